The standard InChI is InChI=1S/C20H22F3N3/c1-14-6-4-7-15(12-14)19-24-17-13-16(20(21,22)23)8-9-18(17)26(19)11-5-10-25(2)3/h4,6-9,12-13H,5,10-11H2,1-3H3. The van der Waals surface area contributed by atoms with Crippen LogP contribution in [0.25, 0.3) is 22.4 Å². The number of hydrogen-bond acceptors (Lipinski definition) is 2. The van der Waals surface area contributed by atoms with Crippen LogP contribution in [0.2, 0.25) is 0 Å². The predicted molar refractivity (Wildman–Crippen MR) is 98.1 cm³/mol. The highest BCUT2D eigenvalue weighted by atomic mass is 19.4. The lowest BCUT2D eigenvalue weighted by Gasteiger charge is -2.13. The first-order chi connectivity index (χ1) is 12.3. The Labute approximate surface area is 151 Å². The molecule has 1 heterocycles. The van der Waals surface area contributed by atoms with E-state index in [-0.39, 0.29) is 0 Å². The molecule has 138 valence electrons. The number of aromatic nitrogens is 2. The molecular formula is C20H22F3N3. The molecule has 0 fully saturated rings. The zero-order valence-electron chi connectivity index (χ0n) is 15.1. The van der Waals surface area contributed by atoms with Crippen LogP contribution in [0.3, 0.4) is 0 Å². The summed E-state index contributed by atoms with van der Waals surface area (Å²) in [7, 11) is 4.01. The second kappa shape index (κ2) is 7.11. The van der Waals surface area contributed by atoms with Crippen LogP contribution in [0, 0.1) is 6.92 Å². The Balaban J connectivity index is 2.11. The number of alkyl halides is 3. The van der Waals surface area contributed by atoms with Crippen LogP contribution in [0.4, 0.5) is 13.2 Å². The van der Waals surface area contributed by atoms with Gasteiger partial charge in [-0.15, -0.1) is 0 Å². The number of fused-ring (bicyclic) bond motifs is 1. The largest absolute Gasteiger partial charge is 0.416 e. The Hall–Kier alpha value is -2.34. The Kier molecular flexibility index (Phi) is 5.05. The van der Waals surface area contributed by atoms with Crippen molar-refractivity contribution in [3.63, 3.8) is 0 Å². The number of nitrogens with zero attached hydrogens (tertiary/aromatic N) is 3. The van der Waals surface area contributed by atoms with Gasteiger partial charge in [0.15, 0.2) is 0 Å². The topological polar surface area (TPSA) is 21.1 Å². The molecule has 2 aromatic carbocycles. The van der Waals surface area contributed by atoms with Crippen LogP contribution < -0.4 is 0 Å². The zero-order chi connectivity index (χ0) is 18.9. The highest BCUT2D eigenvalue weighted by Gasteiger charge is 2.31. The molecule has 0 saturated carbocycles. The Bertz CT molecular complexity index is 910. The van der Waals surface area contributed by atoms with Gasteiger partial charge in [0.25, 0.3) is 0 Å². The quantitative estimate of drug-likeness (QED) is 0.639. The van der Waals surface area contributed by atoms with Crippen LogP contribution in [0.1, 0.15) is 17.5 Å². The highest BCUT2D eigenvalue weighted by molar-refractivity contribution is 5.81. The van der Waals surface area contributed by atoms with Crippen LogP contribution in [0.15, 0.2) is 42.5 Å². The average Bonchev–Trinajstić information content (AvgIpc) is 2.92. The summed E-state index contributed by atoms with van der Waals surface area (Å²) in [6.07, 6.45) is -3.48. The minimum atomic E-state index is -4.37. The van der Waals surface area contributed by atoms with Gasteiger partial charge in [-0.3, -0.25) is 0 Å². The van der Waals surface area contributed by atoms with Gasteiger partial charge >= 0.3 is 6.18 Å². The first-order valence-electron chi connectivity index (χ1n) is 8.55. The molecule has 0 aliphatic carbocycles. The maximum Gasteiger partial charge on any atom is 0.416 e. The molecule has 6 heteroatoms. The molecule has 0 aliphatic heterocycles. The second-order valence-corrected chi connectivity index (χ2v) is 6.81. The van der Waals surface area contributed by atoms with Gasteiger partial charge in [-0.2, -0.15) is 13.2 Å². The van der Waals surface area contributed by atoms with Gasteiger partial charge in [0.1, 0.15) is 5.82 Å². The van der Waals surface area contributed by atoms with Gasteiger partial charge < -0.3 is 9.47 Å². The Morgan fingerprint density at radius 1 is 1.08 bits per heavy atom. The minimum Gasteiger partial charge on any atom is -0.324 e. The molecule has 0 saturated heterocycles. The first-order valence-corrected chi connectivity index (χ1v) is 8.55. The lowest BCUT2D eigenvalue weighted by atomic mass is 10.1. The molecule has 0 N–H and O–H groups in total. The minimum absolute atomic E-state index is 0.376. The number of benzene rings is 2. The molecule has 0 bridgehead atoms. The van der Waals surface area contributed by atoms with E-state index in [9.17, 15) is 13.2 Å². The third-order valence-electron chi connectivity index (χ3n) is 4.34. The van der Waals surface area contributed by atoms with Gasteiger partial charge in [-0.05, 0) is 58.3 Å². The molecule has 1 aromatic heterocycles. The summed E-state index contributed by atoms with van der Waals surface area (Å²) in [6, 6.07) is 11.7. The Morgan fingerprint density at radius 2 is 1.85 bits per heavy atom. The van der Waals surface area contributed by atoms with E-state index in [4.69, 9.17) is 0 Å². The van der Waals surface area contributed by atoms with E-state index in [1.165, 1.54) is 6.07 Å². The molecule has 0 amide bonds. The summed E-state index contributed by atoms with van der Waals surface area (Å²) in [4.78, 5) is 6.64. The summed E-state index contributed by atoms with van der Waals surface area (Å²) < 4.78 is 41.2. The predicted octanol–water partition coefficient (Wildman–Crippen LogP) is 4.98. The monoisotopic (exact) mass is 361 g/mol. The Morgan fingerprint density at radius 3 is 2.50 bits per heavy atom. The van der Waals surface area contributed by atoms with Crippen molar-refractivity contribution in [2.24, 2.45) is 0 Å². The summed E-state index contributed by atoms with van der Waals surface area (Å²) in [6.45, 7) is 3.58. The number of aryl methyl sites for hydroxylation is 2. The van der Waals surface area contributed by atoms with Crippen LogP contribution >= 0.6 is 0 Å². The SMILES string of the molecule is Cc1cccc(-c2nc3cc(C(F)(F)F)ccc3n2CCCN(C)C)c1. The summed E-state index contributed by atoms with van der Waals surface area (Å²) in [5.41, 5.74) is 2.44. The fraction of sp³-hybridized carbons (Fsp3) is 0.350. The molecule has 0 radical (unpaired) electrons. The van der Waals surface area contributed by atoms with Gasteiger partial charge in [0, 0.05) is 12.1 Å². The molecule has 3 rings (SSSR count). The first kappa shape index (κ1) is 18.5. The van der Waals surface area contributed by atoms with Gasteiger partial charge in [-0.25, -0.2) is 4.98 Å². The normalized spacial score (nSPS) is 12.3. The van der Waals surface area contributed by atoms with Crippen LogP contribution in [-0.4, -0.2) is 35.1 Å². The maximum absolute atomic E-state index is 13.1. The smallest absolute Gasteiger partial charge is 0.324 e. The van der Waals surface area contributed by atoms with Crippen LogP contribution in [-0.2, 0) is 12.7 Å². The fourth-order valence-electron chi connectivity index (χ4n) is 3.08. The summed E-state index contributed by atoms with van der Waals surface area (Å²) >= 11 is 0. The molecule has 0 atom stereocenters. The molecular weight excluding hydrogens is 339 g/mol. The van der Waals surface area contributed by atoms with Crippen molar-refractivity contribution < 1.29 is 13.2 Å². The van der Waals surface area contributed by atoms with Crippen molar-refractivity contribution in [3.05, 3.63) is 53.6 Å². The maximum atomic E-state index is 13.1. The third kappa shape index (κ3) is 3.90. The van der Waals surface area contributed by atoms with Crippen molar-refractivity contribution in [1.29, 1.82) is 0 Å². The van der Waals surface area contributed by atoms with E-state index in [0.717, 1.165) is 41.7 Å². The molecule has 0 aliphatic rings. The molecule has 3 aromatic rings. The van der Waals surface area contributed by atoms with Gasteiger partial charge in [-0.1, -0.05) is 23.8 Å². The van der Waals surface area contributed by atoms with E-state index in [1.807, 2.05) is 49.9 Å². The third-order valence-corrected chi connectivity index (χ3v) is 4.34. The number of rotatable bonds is 5. The summed E-state index contributed by atoms with van der Waals surface area (Å²) in [5, 5.41) is 0. The molecule has 3 nitrogen and oxygen atoms in total. The number of hydrogen-bond donors (Lipinski definition) is 0. The van der Waals surface area contributed by atoms with E-state index in [0.29, 0.717) is 17.9 Å². The fourth-order valence-corrected chi connectivity index (χ4v) is 3.08. The van der Waals surface area contributed by atoms with Crippen molar-refractivity contribution >= 4 is 11.0 Å². The van der Waals surface area contributed by atoms with E-state index >= 15 is 0 Å². The van der Waals surface area contributed by atoms with Crippen LogP contribution in [0.5, 0.6) is 0 Å². The summed E-state index contributed by atoms with van der Waals surface area (Å²) in [5.74, 6) is 0.710. The van der Waals surface area contributed by atoms with E-state index < -0.39 is 11.7 Å². The molecule has 0 unspecified atom stereocenters. The zero-order valence-corrected chi connectivity index (χ0v) is 15.1. The number of imidazole rings is 1. The van der Waals surface area contributed by atoms with Crippen molar-refractivity contribution in [3.8, 4) is 11.4 Å². The van der Waals surface area contributed by atoms with Crippen molar-refractivity contribution in [2.75, 3.05) is 20.6 Å². The second-order valence-electron chi connectivity index (χ2n) is 6.81. The number of halogens is 3. The molecule has 0 spiro atoms. The average molecular weight is 361 g/mol. The highest BCUT2D eigenvalue weighted by Crippen LogP contribution is 2.33. The molecule has 26 heavy (non-hydrogen) atoms. The van der Waals surface area contributed by atoms with Gasteiger partial charge in [0.2, 0.25) is 0 Å². The van der Waals surface area contributed by atoms with Crippen molar-refractivity contribution in [2.45, 2.75) is 26.1 Å². The van der Waals surface area contributed by atoms with Gasteiger partial charge in [0.05, 0.1) is 16.6 Å². The lowest BCUT2D eigenvalue weighted by molar-refractivity contribution is -0.137. The van der Waals surface area contributed by atoms with E-state index in [1.54, 1.807) is 0 Å². The van der Waals surface area contributed by atoms with Crippen molar-refractivity contribution in [1.82, 2.24) is 14.5 Å². The van der Waals surface area contributed by atoms with E-state index in [2.05, 4.69) is 9.88 Å². The lowest BCUT2D eigenvalue weighted by Crippen LogP contribution is -2.15.